The summed E-state index contributed by atoms with van der Waals surface area (Å²) in [5, 5.41) is 3.14. The zero-order valence-electron chi connectivity index (χ0n) is 15.0. The van der Waals surface area contributed by atoms with Crippen molar-refractivity contribution in [3.05, 3.63) is 71.8 Å². The first kappa shape index (κ1) is 17.7. The molecule has 3 heteroatoms. The second-order valence-electron chi connectivity index (χ2n) is 6.98. The summed E-state index contributed by atoms with van der Waals surface area (Å²) < 4.78 is 0. The first-order chi connectivity index (χ1) is 12.2. The molecule has 2 aromatic rings. The zero-order chi connectivity index (χ0) is 17.5. The van der Waals surface area contributed by atoms with Crippen LogP contribution in [-0.4, -0.2) is 22.9 Å². The Morgan fingerprint density at radius 3 is 1.96 bits per heavy atom. The van der Waals surface area contributed by atoms with Crippen LogP contribution in [-0.2, 0) is 17.9 Å². The lowest BCUT2D eigenvalue weighted by molar-refractivity contribution is -0.122. The molecule has 0 saturated heterocycles. The number of hydrogen-bond acceptors (Lipinski definition) is 2. The van der Waals surface area contributed by atoms with Crippen molar-refractivity contribution in [2.24, 2.45) is 0 Å². The molecule has 2 aromatic carbocycles. The van der Waals surface area contributed by atoms with Gasteiger partial charge in [-0.05, 0) is 30.4 Å². The molecule has 1 fully saturated rings. The van der Waals surface area contributed by atoms with Crippen LogP contribution in [0.15, 0.2) is 60.7 Å². The second-order valence-corrected chi connectivity index (χ2v) is 6.98. The number of hydrogen-bond donors (Lipinski definition) is 1. The summed E-state index contributed by atoms with van der Waals surface area (Å²) in [6.07, 6.45) is 3.82. The van der Waals surface area contributed by atoms with E-state index in [1.165, 1.54) is 11.1 Å². The number of carbonyl (C=O) groups is 1. The molecule has 1 saturated carbocycles. The maximum atomic E-state index is 12.3. The molecule has 132 valence electrons. The Kier molecular flexibility index (Phi) is 6.24. The summed E-state index contributed by atoms with van der Waals surface area (Å²) >= 11 is 0. The van der Waals surface area contributed by atoms with Crippen LogP contribution in [0.25, 0.3) is 0 Å². The van der Waals surface area contributed by atoms with Gasteiger partial charge in [-0.25, -0.2) is 0 Å². The average molecular weight is 336 g/mol. The first-order valence-electron chi connectivity index (χ1n) is 9.36. The Bertz CT molecular complexity index is 611. The van der Waals surface area contributed by atoms with Gasteiger partial charge in [-0.15, -0.1) is 0 Å². The van der Waals surface area contributed by atoms with E-state index < -0.39 is 0 Å². The van der Waals surface area contributed by atoms with Crippen LogP contribution in [0.2, 0.25) is 0 Å². The fraction of sp³-hybridized carbons (Fsp3) is 0.409. The van der Waals surface area contributed by atoms with Crippen molar-refractivity contribution in [1.29, 1.82) is 0 Å². The highest BCUT2D eigenvalue weighted by atomic mass is 16.1. The van der Waals surface area contributed by atoms with Gasteiger partial charge in [0.05, 0.1) is 0 Å². The monoisotopic (exact) mass is 336 g/mol. The normalized spacial score (nSPS) is 15.1. The second kappa shape index (κ2) is 8.82. The molecular formula is C22H28N2O. The summed E-state index contributed by atoms with van der Waals surface area (Å²) in [4.78, 5) is 14.8. The molecule has 0 bridgehead atoms. The van der Waals surface area contributed by atoms with Crippen LogP contribution in [0.4, 0.5) is 0 Å². The third kappa shape index (κ3) is 5.71. The molecule has 0 heterocycles. The smallest absolute Gasteiger partial charge is 0.221 e. The van der Waals surface area contributed by atoms with Gasteiger partial charge in [0.25, 0.3) is 0 Å². The number of nitrogens with zero attached hydrogens (tertiary/aromatic N) is 1. The van der Waals surface area contributed by atoms with E-state index in [0.29, 0.717) is 12.5 Å². The van der Waals surface area contributed by atoms with Crippen molar-refractivity contribution in [2.75, 3.05) is 0 Å². The summed E-state index contributed by atoms with van der Waals surface area (Å²) in [7, 11) is 0. The number of nitrogens with one attached hydrogen (secondary N) is 1. The first-order valence-corrected chi connectivity index (χ1v) is 9.36. The number of amides is 1. The van der Waals surface area contributed by atoms with Gasteiger partial charge in [0, 0.05) is 31.6 Å². The SMILES string of the molecule is CC[C@H](CC(=O)NC1CC1)N(Cc1ccccc1)Cc1ccccc1. The van der Waals surface area contributed by atoms with Crippen molar-refractivity contribution in [3.63, 3.8) is 0 Å². The Balaban J connectivity index is 1.71. The highest BCUT2D eigenvalue weighted by molar-refractivity contribution is 5.77. The van der Waals surface area contributed by atoms with E-state index in [4.69, 9.17) is 0 Å². The summed E-state index contributed by atoms with van der Waals surface area (Å²) in [5.74, 6) is 0.195. The number of carbonyl (C=O) groups excluding carboxylic acids is 1. The lowest BCUT2D eigenvalue weighted by Gasteiger charge is -2.31. The minimum Gasteiger partial charge on any atom is -0.353 e. The Hall–Kier alpha value is -2.13. The predicted octanol–water partition coefficient (Wildman–Crippen LogP) is 4.14. The van der Waals surface area contributed by atoms with Gasteiger partial charge in [-0.3, -0.25) is 9.69 Å². The molecule has 0 unspecified atom stereocenters. The third-order valence-corrected chi connectivity index (χ3v) is 4.81. The molecule has 3 nitrogen and oxygen atoms in total. The van der Waals surface area contributed by atoms with Crippen LogP contribution >= 0.6 is 0 Å². The van der Waals surface area contributed by atoms with E-state index >= 15 is 0 Å². The van der Waals surface area contributed by atoms with Crippen molar-refractivity contribution >= 4 is 5.91 Å². The van der Waals surface area contributed by atoms with E-state index in [1.54, 1.807) is 0 Å². The Morgan fingerprint density at radius 1 is 1.00 bits per heavy atom. The van der Waals surface area contributed by atoms with Crippen molar-refractivity contribution in [2.45, 2.75) is 57.8 Å². The van der Waals surface area contributed by atoms with Crippen LogP contribution in [0.3, 0.4) is 0 Å². The van der Waals surface area contributed by atoms with E-state index in [-0.39, 0.29) is 11.9 Å². The Morgan fingerprint density at radius 2 is 1.52 bits per heavy atom. The highest BCUT2D eigenvalue weighted by Crippen LogP contribution is 2.21. The minimum atomic E-state index is 0.195. The minimum absolute atomic E-state index is 0.195. The molecule has 0 aliphatic heterocycles. The standard InChI is InChI=1S/C22H28N2O/c1-2-21(15-22(25)23-20-13-14-20)24(16-18-9-5-3-6-10-18)17-19-11-7-4-8-12-19/h3-12,20-21H,2,13-17H2,1H3,(H,23,25)/t21-/m1/s1. The topological polar surface area (TPSA) is 32.3 Å². The molecule has 0 aromatic heterocycles. The van der Waals surface area contributed by atoms with Gasteiger partial charge in [0.15, 0.2) is 0 Å². The highest BCUT2D eigenvalue weighted by Gasteiger charge is 2.26. The van der Waals surface area contributed by atoms with Crippen molar-refractivity contribution in [1.82, 2.24) is 10.2 Å². The molecule has 25 heavy (non-hydrogen) atoms. The van der Waals surface area contributed by atoms with E-state index in [9.17, 15) is 4.79 Å². The van der Waals surface area contributed by atoms with Crippen LogP contribution in [0.5, 0.6) is 0 Å². The van der Waals surface area contributed by atoms with Crippen LogP contribution < -0.4 is 5.32 Å². The van der Waals surface area contributed by atoms with Crippen molar-refractivity contribution in [3.8, 4) is 0 Å². The van der Waals surface area contributed by atoms with Crippen LogP contribution in [0, 0.1) is 0 Å². The number of benzene rings is 2. The third-order valence-electron chi connectivity index (χ3n) is 4.81. The van der Waals surface area contributed by atoms with Gasteiger partial charge in [-0.2, -0.15) is 0 Å². The van der Waals surface area contributed by atoms with Crippen LogP contribution in [0.1, 0.15) is 43.7 Å². The fourth-order valence-corrected chi connectivity index (χ4v) is 3.21. The van der Waals surface area contributed by atoms with E-state index in [0.717, 1.165) is 32.4 Å². The van der Waals surface area contributed by atoms with E-state index in [2.05, 4.69) is 65.7 Å². The van der Waals surface area contributed by atoms with Gasteiger partial charge in [-0.1, -0.05) is 67.6 Å². The molecule has 0 radical (unpaired) electrons. The molecule has 1 amide bonds. The fourth-order valence-electron chi connectivity index (χ4n) is 3.21. The zero-order valence-corrected chi connectivity index (χ0v) is 15.0. The molecule has 0 spiro atoms. The Labute approximate surface area is 151 Å². The molecule has 3 rings (SSSR count). The largest absolute Gasteiger partial charge is 0.353 e. The molecular weight excluding hydrogens is 308 g/mol. The quantitative estimate of drug-likeness (QED) is 0.746. The number of rotatable bonds is 9. The van der Waals surface area contributed by atoms with Gasteiger partial charge in [0.2, 0.25) is 5.91 Å². The van der Waals surface area contributed by atoms with E-state index in [1.807, 2.05) is 12.1 Å². The molecule has 1 atom stereocenters. The molecule has 1 N–H and O–H groups in total. The summed E-state index contributed by atoms with van der Waals surface area (Å²) in [5.41, 5.74) is 2.58. The van der Waals surface area contributed by atoms with Gasteiger partial charge >= 0.3 is 0 Å². The van der Waals surface area contributed by atoms with Crippen molar-refractivity contribution < 1.29 is 4.79 Å². The molecule has 1 aliphatic rings. The lowest BCUT2D eigenvalue weighted by Crippen LogP contribution is -2.39. The molecule has 1 aliphatic carbocycles. The lowest BCUT2D eigenvalue weighted by atomic mass is 10.1. The summed E-state index contributed by atoms with van der Waals surface area (Å²) in [6.45, 7) is 3.91. The average Bonchev–Trinajstić information content (AvgIpc) is 3.45. The maximum Gasteiger partial charge on any atom is 0.221 e. The summed E-state index contributed by atoms with van der Waals surface area (Å²) in [6, 6.07) is 21.7. The predicted molar refractivity (Wildman–Crippen MR) is 102 cm³/mol. The van der Waals surface area contributed by atoms with Gasteiger partial charge < -0.3 is 5.32 Å². The van der Waals surface area contributed by atoms with Gasteiger partial charge in [0.1, 0.15) is 0 Å². The maximum absolute atomic E-state index is 12.3.